The van der Waals surface area contributed by atoms with E-state index in [1.165, 1.54) is 16.0 Å². The average Bonchev–Trinajstić information content (AvgIpc) is 2.45. The predicted molar refractivity (Wildman–Crippen MR) is 68.9 cm³/mol. The molecule has 1 aliphatic heterocycles. The van der Waals surface area contributed by atoms with Gasteiger partial charge in [0, 0.05) is 15.5 Å². The summed E-state index contributed by atoms with van der Waals surface area (Å²) in [6, 6.07) is 8.00. The second kappa shape index (κ2) is 3.85. The van der Waals surface area contributed by atoms with Crippen molar-refractivity contribution in [3.63, 3.8) is 0 Å². The number of benzene rings is 1. The molecule has 0 amide bonds. The maximum Gasteiger partial charge on any atom is 0.0450 e. The second-order valence-electron chi connectivity index (χ2n) is 4.29. The Balaban J connectivity index is 2.41. The molecular weight excluding hydrogens is 226 g/mol. The molecule has 0 bridgehead atoms. The van der Waals surface area contributed by atoms with Gasteiger partial charge in [0.15, 0.2) is 0 Å². The summed E-state index contributed by atoms with van der Waals surface area (Å²) >= 11 is 7.58. The Bertz CT molecular complexity index is 406. The molecule has 0 spiro atoms. The summed E-state index contributed by atoms with van der Waals surface area (Å²) in [7, 11) is 0. The zero-order valence-corrected chi connectivity index (χ0v) is 10.7. The van der Waals surface area contributed by atoms with Gasteiger partial charge in [-0.2, -0.15) is 0 Å². The van der Waals surface area contributed by atoms with Crippen LogP contribution in [-0.2, 0) is 0 Å². The highest BCUT2D eigenvalue weighted by Crippen LogP contribution is 2.41. The fraction of sp³-hybridized carbons (Fsp3) is 0.333. The molecular formula is C12H14ClNS. The van der Waals surface area contributed by atoms with Crippen LogP contribution in [0.15, 0.2) is 29.8 Å². The van der Waals surface area contributed by atoms with Gasteiger partial charge < -0.3 is 0 Å². The highest BCUT2D eigenvalue weighted by Gasteiger charge is 2.30. The topological polar surface area (TPSA) is 12.0 Å². The first-order chi connectivity index (χ1) is 7.00. The van der Waals surface area contributed by atoms with Gasteiger partial charge in [0.1, 0.15) is 0 Å². The van der Waals surface area contributed by atoms with Gasteiger partial charge in [-0.1, -0.05) is 23.7 Å². The van der Waals surface area contributed by atoms with Crippen molar-refractivity contribution in [1.29, 1.82) is 0 Å². The van der Waals surface area contributed by atoms with Gasteiger partial charge in [0.05, 0.1) is 0 Å². The number of nitrogens with one attached hydrogen (secondary N) is 1. The zero-order chi connectivity index (χ0) is 11.1. The first-order valence-electron chi connectivity index (χ1n) is 4.92. The smallest absolute Gasteiger partial charge is 0.0450 e. The van der Waals surface area contributed by atoms with E-state index in [-0.39, 0.29) is 5.54 Å². The van der Waals surface area contributed by atoms with Crippen molar-refractivity contribution in [2.75, 3.05) is 0 Å². The summed E-state index contributed by atoms with van der Waals surface area (Å²) in [6.07, 6.45) is 0. The first-order valence-corrected chi connectivity index (χ1v) is 6.11. The number of rotatable bonds is 1. The normalized spacial score (nSPS) is 19.7. The first kappa shape index (κ1) is 11.1. The lowest BCUT2D eigenvalue weighted by molar-refractivity contribution is 0.579. The molecule has 80 valence electrons. The summed E-state index contributed by atoms with van der Waals surface area (Å²) in [6.45, 7) is 6.56. The molecule has 0 aliphatic carbocycles. The molecule has 0 unspecified atom stereocenters. The average molecular weight is 240 g/mol. The van der Waals surface area contributed by atoms with E-state index in [9.17, 15) is 0 Å². The van der Waals surface area contributed by atoms with Crippen LogP contribution in [-0.4, -0.2) is 5.54 Å². The SMILES string of the molecule is CC1=C(c2ccc(Cl)cc2)SNC1(C)C. The highest BCUT2D eigenvalue weighted by molar-refractivity contribution is 8.06. The van der Waals surface area contributed by atoms with E-state index >= 15 is 0 Å². The van der Waals surface area contributed by atoms with E-state index in [0.717, 1.165) is 5.02 Å². The maximum atomic E-state index is 5.87. The standard InChI is InChI=1S/C12H14ClNS/c1-8-11(15-14-12(8,2)3)9-4-6-10(13)7-5-9/h4-7,14H,1-3H3. The molecule has 0 aromatic heterocycles. The Morgan fingerprint density at radius 1 is 1.20 bits per heavy atom. The van der Waals surface area contributed by atoms with Crippen LogP contribution in [0.5, 0.6) is 0 Å². The molecule has 0 fully saturated rings. The molecule has 0 saturated carbocycles. The molecule has 15 heavy (non-hydrogen) atoms. The van der Waals surface area contributed by atoms with Crippen molar-refractivity contribution in [3.05, 3.63) is 40.4 Å². The molecule has 1 heterocycles. The van der Waals surface area contributed by atoms with Crippen molar-refractivity contribution >= 4 is 28.5 Å². The van der Waals surface area contributed by atoms with Gasteiger partial charge in [0.25, 0.3) is 0 Å². The molecule has 1 nitrogen and oxygen atoms in total. The highest BCUT2D eigenvalue weighted by atomic mass is 35.5. The Hall–Kier alpha value is -0.440. The van der Waals surface area contributed by atoms with Gasteiger partial charge >= 0.3 is 0 Å². The predicted octanol–water partition coefficient (Wildman–Crippen LogP) is 4.10. The Kier molecular flexibility index (Phi) is 2.84. The number of hydrogen-bond donors (Lipinski definition) is 1. The van der Waals surface area contributed by atoms with E-state index in [4.69, 9.17) is 11.6 Å². The fourth-order valence-corrected chi connectivity index (χ4v) is 2.79. The maximum absolute atomic E-state index is 5.87. The van der Waals surface area contributed by atoms with E-state index in [1.807, 2.05) is 12.1 Å². The van der Waals surface area contributed by atoms with Crippen LogP contribution in [0.4, 0.5) is 0 Å². The van der Waals surface area contributed by atoms with Gasteiger partial charge in [-0.25, -0.2) is 0 Å². The molecule has 1 aromatic carbocycles. The van der Waals surface area contributed by atoms with Gasteiger partial charge in [0.2, 0.25) is 0 Å². The summed E-state index contributed by atoms with van der Waals surface area (Å²) in [5.74, 6) is 0. The van der Waals surface area contributed by atoms with Crippen molar-refractivity contribution < 1.29 is 0 Å². The summed E-state index contributed by atoms with van der Waals surface area (Å²) < 4.78 is 3.42. The van der Waals surface area contributed by atoms with Crippen LogP contribution in [0, 0.1) is 0 Å². The second-order valence-corrected chi connectivity index (χ2v) is 5.54. The molecule has 1 aliphatic rings. The summed E-state index contributed by atoms with van der Waals surface area (Å²) in [5.41, 5.74) is 2.70. The van der Waals surface area contributed by atoms with Gasteiger partial charge in [-0.3, -0.25) is 4.72 Å². The summed E-state index contributed by atoms with van der Waals surface area (Å²) in [5, 5.41) is 0.784. The number of halogens is 1. The van der Waals surface area contributed by atoms with Crippen LogP contribution >= 0.6 is 23.5 Å². The lowest BCUT2D eigenvalue weighted by atomic mass is 9.95. The minimum atomic E-state index is 0.0830. The van der Waals surface area contributed by atoms with Gasteiger partial charge in [-0.05, 0) is 56.0 Å². The van der Waals surface area contributed by atoms with Crippen molar-refractivity contribution in [2.45, 2.75) is 26.3 Å². The molecule has 3 heteroatoms. The third-order valence-corrected chi connectivity index (χ3v) is 4.40. The Morgan fingerprint density at radius 3 is 2.27 bits per heavy atom. The molecule has 1 aromatic rings. The largest absolute Gasteiger partial charge is 0.250 e. The molecule has 2 rings (SSSR count). The van der Waals surface area contributed by atoms with E-state index < -0.39 is 0 Å². The lowest BCUT2D eigenvalue weighted by Crippen LogP contribution is -2.31. The Morgan fingerprint density at radius 2 is 1.80 bits per heavy atom. The molecule has 0 atom stereocenters. The van der Waals surface area contributed by atoms with Crippen LogP contribution < -0.4 is 4.72 Å². The quantitative estimate of drug-likeness (QED) is 0.741. The Labute approximate surface area is 100 Å². The monoisotopic (exact) mass is 239 g/mol. The van der Waals surface area contributed by atoms with Crippen molar-refractivity contribution in [3.8, 4) is 0 Å². The van der Waals surface area contributed by atoms with Crippen LogP contribution in [0.2, 0.25) is 5.02 Å². The van der Waals surface area contributed by atoms with Crippen molar-refractivity contribution in [2.24, 2.45) is 0 Å². The molecule has 1 N–H and O–H groups in total. The minimum Gasteiger partial charge on any atom is -0.250 e. The third-order valence-electron chi connectivity index (χ3n) is 2.79. The molecule has 0 saturated heterocycles. The fourth-order valence-electron chi connectivity index (χ4n) is 1.49. The van der Waals surface area contributed by atoms with Crippen LogP contribution in [0.25, 0.3) is 4.91 Å². The van der Waals surface area contributed by atoms with Crippen molar-refractivity contribution in [1.82, 2.24) is 4.72 Å². The zero-order valence-electron chi connectivity index (χ0n) is 9.10. The minimum absolute atomic E-state index is 0.0830. The van der Waals surface area contributed by atoms with Crippen LogP contribution in [0.1, 0.15) is 26.3 Å². The van der Waals surface area contributed by atoms with E-state index in [0.29, 0.717) is 0 Å². The van der Waals surface area contributed by atoms with Crippen LogP contribution in [0.3, 0.4) is 0 Å². The molecule has 0 radical (unpaired) electrons. The number of hydrogen-bond acceptors (Lipinski definition) is 2. The summed E-state index contributed by atoms with van der Waals surface area (Å²) in [4.78, 5) is 1.32. The third kappa shape index (κ3) is 2.07. The van der Waals surface area contributed by atoms with E-state index in [2.05, 4.69) is 37.6 Å². The van der Waals surface area contributed by atoms with Gasteiger partial charge in [-0.15, -0.1) is 0 Å². The lowest BCUT2D eigenvalue weighted by Gasteiger charge is -2.18. The van der Waals surface area contributed by atoms with E-state index in [1.54, 1.807) is 11.9 Å².